The molecule has 0 radical (unpaired) electrons. The monoisotopic (exact) mass is 328 g/mol. The third kappa shape index (κ3) is 3.22. The highest BCUT2D eigenvalue weighted by molar-refractivity contribution is 7.89. The summed E-state index contributed by atoms with van der Waals surface area (Å²) in [5.41, 5.74) is -0.149. The zero-order chi connectivity index (χ0) is 15.7. The zero-order valence-electron chi connectivity index (χ0n) is 12.0. The highest BCUT2D eigenvalue weighted by Gasteiger charge is 2.37. The number of nitrogens with zero attached hydrogens (tertiary/aromatic N) is 2. The van der Waals surface area contributed by atoms with Crippen LogP contribution in [0, 0.1) is 11.3 Å². The first-order chi connectivity index (χ1) is 9.82. The van der Waals surface area contributed by atoms with E-state index in [1.807, 2.05) is 13.0 Å². The molecule has 1 unspecified atom stereocenters. The largest absolute Gasteiger partial charge is 0.377 e. The molecule has 0 bridgehead atoms. The summed E-state index contributed by atoms with van der Waals surface area (Å²) in [6, 6.07) is 6.14. The Balaban J connectivity index is 2.36. The first-order valence-corrected chi connectivity index (χ1v) is 8.39. The molecular formula is C14H17ClN2O3S. The third-order valence-electron chi connectivity index (χ3n) is 3.80. The van der Waals surface area contributed by atoms with Gasteiger partial charge in [0.05, 0.1) is 22.3 Å². The second kappa shape index (κ2) is 5.93. The molecule has 5 nitrogen and oxygen atoms in total. The number of sulfonamides is 1. The van der Waals surface area contributed by atoms with Crippen LogP contribution in [-0.2, 0) is 14.8 Å². The van der Waals surface area contributed by atoms with Gasteiger partial charge >= 0.3 is 0 Å². The fraction of sp³-hybridized carbons (Fsp3) is 0.500. The lowest BCUT2D eigenvalue weighted by Gasteiger charge is -2.38. The molecule has 0 saturated carbocycles. The van der Waals surface area contributed by atoms with Crippen molar-refractivity contribution in [3.8, 4) is 6.07 Å². The number of rotatable bonds is 3. The Morgan fingerprint density at radius 1 is 1.48 bits per heavy atom. The summed E-state index contributed by atoms with van der Waals surface area (Å²) in [5.74, 6) is 0. The van der Waals surface area contributed by atoms with E-state index >= 15 is 0 Å². The lowest BCUT2D eigenvalue weighted by molar-refractivity contribution is -0.0319. The second-order valence-electron chi connectivity index (χ2n) is 5.35. The normalized spacial score (nSPS) is 23.7. The van der Waals surface area contributed by atoms with Crippen LogP contribution < -0.4 is 0 Å². The SMILES string of the molecule is COC1(C)CCCN(S(=O)(=O)c2ccc(C#N)cc2Cl)C1. The number of hydrogen-bond acceptors (Lipinski definition) is 4. The van der Waals surface area contributed by atoms with Gasteiger partial charge in [-0.3, -0.25) is 0 Å². The smallest absolute Gasteiger partial charge is 0.244 e. The molecule has 1 atom stereocenters. The van der Waals surface area contributed by atoms with Crippen molar-refractivity contribution >= 4 is 21.6 Å². The molecule has 1 fully saturated rings. The van der Waals surface area contributed by atoms with Crippen molar-refractivity contribution in [2.24, 2.45) is 0 Å². The molecule has 1 aliphatic rings. The molecule has 0 aliphatic carbocycles. The molecule has 0 aromatic heterocycles. The van der Waals surface area contributed by atoms with Gasteiger partial charge in [-0.2, -0.15) is 9.57 Å². The van der Waals surface area contributed by atoms with Gasteiger partial charge < -0.3 is 4.74 Å². The molecule has 2 rings (SSSR count). The lowest BCUT2D eigenvalue weighted by Crippen LogP contribution is -2.49. The van der Waals surface area contributed by atoms with Gasteiger partial charge in [0.2, 0.25) is 10.0 Å². The van der Waals surface area contributed by atoms with E-state index in [0.717, 1.165) is 12.8 Å². The molecule has 1 aromatic carbocycles. The average Bonchev–Trinajstić information content (AvgIpc) is 2.46. The summed E-state index contributed by atoms with van der Waals surface area (Å²) < 4.78 is 32.2. The van der Waals surface area contributed by atoms with Crippen molar-refractivity contribution in [1.29, 1.82) is 5.26 Å². The van der Waals surface area contributed by atoms with Gasteiger partial charge in [0, 0.05) is 20.2 Å². The maximum Gasteiger partial charge on any atom is 0.244 e. The van der Waals surface area contributed by atoms with Crippen LogP contribution >= 0.6 is 11.6 Å². The van der Waals surface area contributed by atoms with Gasteiger partial charge in [-0.05, 0) is 38.0 Å². The molecular weight excluding hydrogens is 312 g/mol. The van der Waals surface area contributed by atoms with E-state index in [9.17, 15) is 8.42 Å². The Morgan fingerprint density at radius 3 is 2.76 bits per heavy atom. The van der Waals surface area contributed by atoms with Crippen LogP contribution in [0.15, 0.2) is 23.1 Å². The quantitative estimate of drug-likeness (QED) is 0.854. The Morgan fingerprint density at radius 2 is 2.19 bits per heavy atom. The van der Waals surface area contributed by atoms with Crippen molar-refractivity contribution < 1.29 is 13.2 Å². The Hall–Kier alpha value is -1.13. The molecule has 1 heterocycles. The minimum atomic E-state index is -3.69. The minimum absolute atomic E-state index is 0.0310. The molecule has 7 heteroatoms. The van der Waals surface area contributed by atoms with E-state index < -0.39 is 15.6 Å². The van der Waals surface area contributed by atoms with Gasteiger partial charge in [0.15, 0.2) is 0 Å². The van der Waals surface area contributed by atoms with Gasteiger partial charge in [-0.1, -0.05) is 11.6 Å². The van der Waals surface area contributed by atoms with Gasteiger partial charge in [-0.15, -0.1) is 0 Å². The van der Waals surface area contributed by atoms with E-state index in [-0.39, 0.29) is 9.92 Å². The van der Waals surface area contributed by atoms with Crippen LogP contribution in [0.5, 0.6) is 0 Å². The van der Waals surface area contributed by atoms with Crippen molar-refractivity contribution in [3.63, 3.8) is 0 Å². The summed E-state index contributed by atoms with van der Waals surface area (Å²) >= 11 is 6.03. The van der Waals surface area contributed by atoms with E-state index in [2.05, 4.69) is 0 Å². The van der Waals surface area contributed by atoms with Gasteiger partial charge in [0.1, 0.15) is 4.90 Å². The Bertz CT molecular complexity index is 684. The van der Waals surface area contributed by atoms with E-state index in [0.29, 0.717) is 18.7 Å². The second-order valence-corrected chi connectivity index (χ2v) is 7.67. The van der Waals surface area contributed by atoms with Crippen molar-refractivity contribution in [1.82, 2.24) is 4.31 Å². The number of piperidine rings is 1. The molecule has 21 heavy (non-hydrogen) atoms. The van der Waals surface area contributed by atoms with E-state index in [4.69, 9.17) is 21.6 Å². The number of benzene rings is 1. The maximum atomic E-state index is 12.7. The van der Waals surface area contributed by atoms with Crippen molar-refractivity contribution in [2.75, 3.05) is 20.2 Å². The molecule has 1 aliphatic heterocycles. The topological polar surface area (TPSA) is 70.4 Å². The predicted octanol–water partition coefficient (Wildman–Crippen LogP) is 2.40. The molecule has 114 valence electrons. The van der Waals surface area contributed by atoms with E-state index in [1.165, 1.54) is 22.5 Å². The minimum Gasteiger partial charge on any atom is -0.377 e. The van der Waals surface area contributed by atoms with Crippen LogP contribution in [-0.4, -0.2) is 38.5 Å². The molecule has 0 amide bonds. The molecule has 0 spiro atoms. The summed E-state index contributed by atoms with van der Waals surface area (Å²) in [6.07, 6.45) is 1.55. The fourth-order valence-electron chi connectivity index (χ4n) is 2.45. The highest BCUT2D eigenvalue weighted by Crippen LogP contribution is 2.31. The number of nitriles is 1. The third-order valence-corrected chi connectivity index (χ3v) is 6.12. The van der Waals surface area contributed by atoms with Gasteiger partial charge in [0.25, 0.3) is 0 Å². The summed E-state index contributed by atoms with van der Waals surface area (Å²) in [4.78, 5) is 0.0310. The number of ether oxygens (including phenoxy) is 1. The van der Waals surface area contributed by atoms with Crippen LogP contribution in [0.2, 0.25) is 5.02 Å². The first kappa shape index (κ1) is 16.2. The molecule has 0 N–H and O–H groups in total. The number of methoxy groups -OCH3 is 1. The first-order valence-electron chi connectivity index (χ1n) is 6.57. The van der Waals surface area contributed by atoms with E-state index in [1.54, 1.807) is 7.11 Å². The van der Waals surface area contributed by atoms with Crippen LogP contribution in [0.4, 0.5) is 0 Å². The van der Waals surface area contributed by atoms with Crippen LogP contribution in [0.3, 0.4) is 0 Å². The lowest BCUT2D eigenvalue weighted by atomic mass is 9.96. The Labute approximate surface area is 130 Å². The zero-order valence-corrected chi connectivity index (χ0v) is 13.5. The van der Waals surface area contributed by atoms with Crippen molar-refractivity contribution in [3.05, 3.63) is 28.8 Å². The molecule has 1 aromatic rings. The fourth-order valence-corrected chi connectivity index (χ4v) is 4.56. The average molecular weight is 329 g/mol. The van der Waals surface area contributed by atoms with Crippen LogP contribution in [0.25, 0.3) is 0 Å². The van der Waals surface area contributed by atoms with Gasteiger partial charge in [-0.25, -0.2) is 8.42 Å². The highest BCUT2D eigenvalue weighted by atomic mass is 35.5. The number of halogens is 1. The van der Waals surface area contributed by atoms with Crippen LogP contribution in [0.1, 0.15) is 25.3 Å². The number of hydrogen-bond donors (Lipinski definition) is 0. The summed E-state index contributed by atoms with van der Waals surface area (Å²) in [6.45, 7) is 2.63. The molecule has 1 saturated heterocycles. The summed E-state index contributed by atoms with van der Waals surface area (Å²) in [7, 11) is -2.10. The predicted molar refractivity (Wildman–Crippen MR) is 79.6 cm³/mol. The van der Waals surface area contributed by atoms with Crippen molar-refractivity contribution in [2.45, 2.75) is 30.3 Å². The maximum absolute atomic E-state index is 12.7. The summed E-state index contributed by atoms with van der Waals surface area (Å²) in [5, 5.41) is 8.89. The Kier molecular flexibility index (Phi) is 4.59. The standard InChI is InChI=1S/C14H17ClN2O3S/c1-14(20-2)6-3-7-17(10-14)21(18,19)13-5-4-11(9-16)8-12(13)15/h4-5,8H,3,6-7,10H2,1-2H3.